The first-order valence-corrected chi connectivity index (χ1v) is 8.63. The number of aliphatic hydroxyl groups excluding tert-OH is 4. The van der Waals surface area contributed by atoms with Crippen LogP contribution in [0.5, 0.6) is 0 Å². The van der Waals surface area contributed by atoms with E-state index in [9.17, 15) is 30.0 Å². The summed E-state index contributed by atoms with van der Waals surface area (Å²) in [6, 6.07) is 5.56. The third-order valence-corrected chi connectivity index (χ3v) is 4.32. The molecule has 6 atom stereocenters. The summed E-state index contributed by atoms with van der Waals surface area (Å²) < 4.78 is 5.30. The average Bonchev–Trinajstić information content (AvgIpc) is 2.66. The Labute approximate surface area is 161 Å². The van der Waals surface area contributed by atoms with E-state index in [4.69, 9.17) is 9.84 Å². The van der Waals surface area contributed by atoms with Crippen LogP contribution in [0.3, 0.4) is 0 Å². The van der Waals surface area contributed by atoms with Gasteiger partial charge in [0.1, 0.15) is 36.6 Å². The number of ether oxygens (including phenoxy) is 1. The highest BCUT2D eigenvalue weighted by molar-refractivity contribution is 5.82. The molecule has 2 rings (SSSR count). The molecule has 1 amide bonds. The highest BCUT2D eigenvalue weighted by Crippen LogP contribution is 2.20. The molecular weight excluding hydrogens is 370 g/mol. The largest absolute Gasteiger partial charge is 0.480 e. The molecule has 1 aliphatic rings. The minimum Gasteiger partial charge on any atom is -0.480 e. The number of carboxylic acid groups (broad SMARTS) is 1. The minimum atomic E-state index is -1.49. The van der Waals surface area contributed by atoms with Crippen LogP contribution in [0.1, 0.15) is 18.1 Å². The molecule has 0 aliphatic carbocycles. The molecule has 1 fully saturated rings. The summed E-state index contributed by atoms with van der Waals surface area (Å²) >= 11 is 0. The zero-order chi connectivity index (χ0) is 20.8. The molecule has 1 aromatic rings. The number of aliphatic carboxylic acids is 1. The maximum Gasteiger partial charge on any atom is 0.326 e. The van der Waals surface area contributed by atoms with Crippen molar-refractivity contribution in [2.45, 2.75) is 49.9 Å². The lowest BCUT2D eigenvalue weighted by molar-refractivity contribution is -0.214. The van der Waals surface area contributed by atoms with E-state index in [1.165, 1.54) is 6.92 Å². The van der Waals surface area contributed by atoms with Crippen molar-refractivity contribution in [3.63, 3.8) is 0 Å². The summed E-state index contributed by atoms with van der Waals surface area (Å²) in [5.41, 5.74) is 1.23. The van der Waals surface area contributed by atoms with Gasteiger partial charge in [0.2, 0.25) is 5.91 Å². The van der Waals surface area contributed by atoms with Crippen LogP contribution < -0.4 is 5.32 Å². The Balaban J connectivity index is 2.06. The molecule has 1 aliphatic heterocycles. The van der Waals surface area contributed by atoms with Crippen LogP contribution in [0.15, 0.2) is 24.3 Å². The van der Waals surface area contributed by atoms with Crippen molar-refractivity contribution in [3.8, 4) is 11.8 Å². The van der Waals surface area contributed by atoms with Crippen LogP contribution in [-0.4, -0.2) is 80.6 Å². The first-order valence-electron chi connectivity index (χ1n) is 8.63. The van der Waals surface area contributed by atoms with E-state index in [0.717, 1.165) is 0 Å². The Morgan fingerprint density at radius 3 is 2.32 bits per heavy atom. The van der Waals surface area contributed by atoms with Gasteiger partial charge < -0.3 is 35.6 Å². The molecule has 0 saturated carbocycles. The van der Waals surface area contributed by atoms with Gasteiger partial charge in [-0.25, -0.2) is 4.79 Å². The summed E-state index contributed by atoms with van der Waals surface area (Å²) in [7, 11) is 0. The molecule has 1 saturated heterocycles. The second kappa shape index (κ2) is 9.64. The molecule has 0 spiro atoms. The Morgan fingerprint density at radius 2 is 1.79 bits per heavy atom. The predicted octanol–water partition coefficient (Wildman–Crippen LogP) is -1.99. The van der Waals surface area contributed by atoms with Gasteiger partial charge in [-0.15, -0.1) is 0 Å². The van der Waals surface area contributed by atoms with Crippen LogP contribution in [-0.2, 0) is 20.7 Å². The van der Waals surface area contributed by atoms with E-state index < -0.39 is 55.0 Å². The van der Waals surface area contributed by atoms with Crippen molar-refractivity contribution in [1.29, 1.82) is 0 Å². The summed E-state index contributed by atoms with van der Waals surface area (Å²) in [6.07, 6.45) is -6.38. The van der Waals surface area contributed by atoms with Crippen molar-refractivity contribution >= 4 is 11.9 Å². The highest BCUT2D eigenvalue weighted by Gasteiger charge is 2.42. The molecule has 9 nitrogen and oxygen atoms in total. The lowest BCUT2D eigenvalue weighted by Crippen LogP contribution is -2.58. The van der Waals surface area contributed by atoms with Crippen molar-refractivity contribution in [3.05, 3.63) is 35.4 Å². The van der Waals surface area contributed by atoms with Crippen LogP contribution in [0, 0.1) is 11.8 Å². The van der Waals surface area contributed by atoms with Crippen molar-refractivity contribution in [2.24, 2.45) is 0 Å². The van der Waals surface area contributed by atoms with Gasteiger partial charge in [0, 0.05) is 18.9 Å². The van der Waals surface area contributed by atoms with Gasteiger partial charge in [-0.2, -0.15) is 0 Å². The third-order valence-electron chi connectivity index (χ3n) is 4.32. The third kappa shape index (κ3) is 5.51. The number of carbonyl (C=O) groups excluding carboxylic acids is 1. The van der Waals surface area contributed by atoms with E-state index in [0.29, 0.717) is 11.1 Å². The normalized spacial score (nSPS) is 28.0. The van der Waals surface area contributed by atoms with Gasteiger partial charge in [0.05, 0.1) is 6.61 Å². The van der Waals surface area contributed by atoms with Gasteiger partial charge in [-0.3, -0.25) is 4.79 Å². The van der Waals surface area contributed by atoms with Gasteiger partial charge in [-0.1, -0.05) is 24.0 Å². The number of benzene rings is 1. The molecule has 152 valence electrons. The van der Waals surface area contributed by atoms with Gasteiger partial charge in [0.25, 0.3) is 0 Å². The Kier molecular flexibility index (Phi) is 7.51. The molecular formula is C19H23NO8. The van der Waals surface area contributed by atoms with Crippen molar-refractivity contribution in [1.82, 2.24) is 5.32 Å². The topological polar surface area (TPSA) is 157 Å². The second-order valence-corrected chi connectivity index (χ2v) is 6.51. The SMILES string of the molecule is CC(=O)N[C@H](Cc1ccc(C#C[C@@H]2O[C@H](CO)[C@@H](O)[C@H](O)[C@@H]2O)cc1)C(=O)O. The van der Waals surface area contributed by atoms with Crippen LogP contribution >= 0.6 is 0 Å². The number of nitrogens with one attached hydrogen (secondary N) is 1. The van der Waals surface area contributed by atoms with E-state index >= 15 is 0 Å². The van der Waals surface area contributed by atoms with Crippen LogP contribution in [0.4, 0.5) is 0 Å². The predicted molar refractivity (Wildman–Crippen MR) is 96.0 cm³/mol. The maximum absolute atomic E-state index is 11.2. The second-order valence-electron chi connectivity index (χ2n) is 6.51. The van der Waals surface area contributed by atoms with E-state index in [1.807, 2.05) is 0 Å². The highest BCUT2D eigenvalue weighted by atomic mass is 16.5. The monoisotopic (exact) mass is 393 g/mol. The quantitative estimate of drug-likeness (QED) is 0.314. The van der Waals surface area contributed by atoms with Gasteiger partial charge in [0.15, 0.2) is 0 Å². The molecule has 0 radical (unpaired) electrons. The van der Waals surface area contributed by atoms with Gasteiger partial charge >= 0.3 is 5.97 Å². The standard InChI is InChI=1S/C19H23NO8/c1-10(22)20-13(19(26)27)8-12-4-2-11(3-5-12)6-7-14-16(23)18(25)17(24)15(9-21)28-14/h2-5,13-18,21,23-25H,8-9H2,1H3,(H,20,22)(H,26,27)/t13-,14+,15-,16-,17-,18-/m1/s1. The lowest BCUT2D eigenvalue weighted by atomic mass is 9.95. The van der Waals surface area contributed by atoms with Crippen molar-refractivity contribution < 1.29 is 39.9 Å². The smallest absolute Gasteiger partial charge is 0.326 e. The lowest BCUT2D eigenvalue weighted by Gasteiger charge is -2.37. The summed E-state index contributed by atoms with van der Waals surface area (Å²) in [5.74, 6) is 3.84. The zero-order valence-corrected chi connectivity index (χ0v) is 15.1. The number of carboxylic acids is 1. The number of carbonyl (C=O) groups is 2. The number of amides is 1. The zero-order valence-electron chi connectivity index (χ0n) is 15.1. The molecule has 0 aromatic heterocycles. The van der Waals surface area contributed by atoms with Gasteiger partial charge in [-0.05, 0) is 17.7 Å². The Hall–Kier alpha value is -2.48. The molecule has 0 unspecified atom stereocenters. The molecule has 1 heterocycles. The summed E-state index contributed by atoms with van der Waals surface area (Å²) in [6.45, 7) is 0.713. The minimum absolute atomic E-state index is 0.106. The summed E-state index contributed by atoms with van der Waals surface area (Å²) in [4.78, 5) is 22.3. The molecule has 9 heteroatoms. The summed E-state index contributed by atoms with van der Waals surface area (Å²) in [5, 5.41) is 50.1. The fourth-order valence-electron chi connectivity index (χ4n) is 2.78. The van der Waals surface area contributed by atoms with E-state index in [1.54, 1.807) is 24.3 Å². The van der Waals surface area contributed by atoms with Crippen LogP contribution in [0.2, 0.25) is 0 Å². The molecule has 0 bridgehead atoms. The first kappa shape index (κ1) is 21.8. The van der Waals surface area contributed by atoms with E-state index in [-0.39, 0.29) is 6.42 Å². The maximum atomic E-state index is 11.2. The first-order chi connectivity index (χ1) is 13.2. The number of aliphatic hydroxyl groups is 4. The average molecular weight is 393 g/mol. The molecule has 1 aromatic carbocycles. The Bertz CT molecular complexity index is 751. The fourth-order valence-corrected chi connectivity index (χ4v) is 2.78. The Morgan fingerprint density at radius 1 is 1.14 bits per heavy atom. The molecule has 28 heavy (non-hydrogen) atoms. The van der Waals surface area contributed by atoms with Crippen LogP contribution in [0.25, 0.3) is 0 Å². The molecule has 6 N–H and O–H groups in total. The number of hydrogen-bond donors (Lipinski definition) is 6. The fraction of sp³-hybridized carbons (Fsp3) is 0.474. The number of hydrogen-bond acceptors (Lipinski definition) is 7. The van der Waals surface area contributed by atoms with E-state index in [2.05, 4.69) is 17.2 Å². The van der Waals surface area contributed by atoms with Crippen molar-refractivity contribution in [2.75, 3.05) is 6.61 Å². The number of rotatable bonds is 5.